The Morgan fingerprint density at radius 1 is 1.17 bits per heavy atom. The Morgan fingerprint density at radius 2 is 1.90 bits per heavy atom. The van der Waals surface area contributed by atoms with Gasteiger partial charge in [-0.3, -0.25) is 9.52 Å². The Balaban J connectivity index is 1.68. The molecule has 0 radical (unpaired) electrons. The van der Waals surface area contributed by atoms with Gasteiger partial charge in [-0.05, 0) is 71.7 Å². The quantitative estimate of drug-likeness (QED) is 0.474. The smallest absolute Gasteiger partial charge is 0.263 e. The van der Waals surface area contributed by atoms with Gasteiger partial charge in [0.2, 0.25) is 0 Å². The first-order chi connectivity index (χ1) is 14.3. The second-order valence-corrected chi connectivity index (χ2v) is 8.94. The number of hydrogen-bond donors (Lipinski definition) is 2. The molecule has 0 aliphatic heterocycles. The number of halogens is 1. The standard InChI is InChI=1S/C20H20BrN3O5S/c1-3-10-28-18-9-4-14(12-17(18)21)20(25)22-15-5-7-16(8-6-15)30(26,27)24-19-11-13(2)29-23-19/h4-9,11-12H,3,10H2,1-2H3,(H,22,25)(H,23,24). The zero-order valence-electron chi connectivity index (χ0n) is 16.3. The summed E-state index contributed by atoms with van der Waals surface area (Å²) in [6, 6.07) is 12.3. The number of aromatic nitrogens is 1. The fourth-order valence-electron chi connectivity index (χ4n) is 2.50. The summed E-state index contributed by atoms with van der Waals surface area (Å²) in [7, 11) is -3.82. The van der Waals surface area contributed by atoms with Gasteiger partial charge >= 0.3 is 0 Å². The van der Waals surface area contributed by atoms with Crippen molar-refractivity contribution >= 4 is 43.4 Å². The summed E-state index contributed by atoms with van der Waals surface area (Å²) in [5.74, 6) is 0.923. The number of carbonyl (C=O) groups excluding carboxylic acids is 1. The maximum atomic E-state index is 12.5. The van der Waals surface area contributed by atoms with Gasteiger partial charge in [0.25, 0.3) is 15.9 Å². The van der Waals surface area contributed by atoms with Gasteiger partial charge in [0.15, 0.2) is 5.82 Å². The van der Waals surface area contributed by atoms with Gasteiger partial charge in [0, 0.05) is 17.3 Å². The van der Waals surface area contributed by atoms with Crippen molar-refractivity contribution in [2.24, 2.45) is 0 Å². The Morgan fingerprint density at radius 3 is 2.50 bits per heavy atom. The summed E-state index contributed by atoms with van der Waals surface area (Å²) in [4.78, 5) is 12.5. The molecule has 1 amide bonds. The zero-order chi connectivity index (χ0) is 21.7. The van der Waals surface area contributed by atoms with Crippen LogP contribution in [-0.2, 0) is 10.0 Å². The highest BCUT2D eigenvalue weighted by molar-refractivity contribution is 9.10. The van der Waals surface area contributed by atoms with Gasteiger partial charge < -0.3 is 14.6 Å². The van der Waals surface area contributed by atoms with Crippen LogP contribution in [0.1, 0.15) is 29.5 Å². The number of nitrogens with zero attached hydrogens (tertiary/aromatic N) is 1. The molecule has 0 saturated carbocycles. The van der Waals surface area contributed by atoms with Crippen molar-refractivity contribution in [1.29, 1.82) is 0 Å². The van der Waals surface area contributed by atoms with Gasteiger partial charge in [-0.15, -0.1) is 0 Å². The summed E-state index contributed by atoms with van der Waals surface area (Å²) in [6.07, 6.45) is 0.883. The van der Waals surface area contributed by atoms with E-state index in [-0.39, 0.29) is 16.6 Å². The number of benzene rings is 2. The SMILES string of the molecule is CCCOc1ccc(C(=O)Nc2ccc(S(=O)(=O)Nc3cc(C)on3)cc2)cc1Br. The van der Waals surface area contributed by atoms with Crippen molar-refractivity contribution in [3.8, 4) is 5.75 Å². The van der Waals surface area contributed by atoms with Crippen molar-refractivity contribution < 1.29 is 22.5 Å². The van der Waals surface area contributed by atoms with Crippen LogP contribution in [0.15, 0.2) is 62.4 Å². The number of aryl methyl sites for hydroxylation is 1. The molecule has 0 spiro atoms. The van der Waals surface area contributed by atoms with Crippen LogP contribution in [0.25, 0.3) is 0 Å². The summed E-state index contributed by atoms with van der Waals surface area (Å²) in [6.45, 7) is 4.26. The molecule has 0 atom stereocenters. The van der Waals surface area contributed by atoms with Crippen LogP contribution in [0.4, 0.5) is 11.5 Å². The van der Waals surface area contributed by atoms with E-state index in [1.165, 1.54) is 30.3 Å². The highest BCUT2D eigenvalue weighted by Crippen LogP contribution is 2.27. The average Bonchev–Trinajstić information content (AvgIpc) is 3.11. The first-order valence-corrected chi connectivity index (χ1v) is 11.4. The predicted molar refractivity (Wildman–Crippen MR) is 116 cm³/mol. The van der Waals surface area contributed by atoms with Gasteiger partial charge in [-0.1, -0.05) is 12.1 Å². The normalized spacial score (nSPS) is 11.2. The number of rotatable bonds is 8. The molecule has 2 aromatic carbocycles. The van der Waals surface area contributed by atoms with E-state index in [0.717, 1.165) is 6.42 Å². The molecule has 3 rings (SSSR count). The Kier molecular flexibility index (Phi) is 6.78. The number of amides is 1. The van der Waals surface area contributed by atoms with E-state index in [1.807, 2.05) is 6.92 Å². The lowest BCUT2D eigenvalue weighted by Gasteiger charge is -2.10. The number of anilines is 2. The van der Waals surface area contributed by atoms with Crippen LogP contribution >= 0.6 is 15.9 Å². The molecule has 3 aromatic rings. The summed E-state index contributed by atoms with van der Waals surface area (Å²) >= 11 is 3.40. The fourth-order valence-corrected chi connectivity index (χ4v) is 3.98. The predicted octanol–water partition coefficient (Wildman–Crippen LogP) is 4.59. The maximum Gasteiger partial charge on any atom is 0.263 e. The second kappa shape index (κ2) is 9.31. The number of ether oxygens (including phenoxy) is 1. The van der Waals surface area contributed by atoms with E-state index in [4.69, 9.17) is 9.26 Å². The fraction of sp³-hybridized carbons (Fsp3) is 0.200. The molecule has 1 aromatic heterocycles. The van der Waals surface area contributed by atoms with Gasteiger partial charge in [0.05, 0.1) is 16.0 Å². The molecular formula is C20H20BrN3O5S. The van der Waals surface area contributed by atoms with Gasteiger partial charge in [0.1, 0.15) is 11.5 Å². The number of sulfonamides is 1. The van der Waals surface area contributed by atoms with Crippen LogP contribution in [0, 0.1) is 6.92 Å². The summed E-state index contributed by atoms with van der Waals surface area (Å²) < 4.78 is 38.3. The lowest BCUT2D eigenvalue weighted by atomic mass is 10.2. The minimum atomic E-state index is -3.82. The van der Waals surface area contributed by atoms with Crippen molar-refractivity contribution in [2.45, 2.75) is 25.2 Å². The van der Waals surface area contributed by atoms with Crippen molar-refractivity contribution in [3.63, 3.8) is 0 Å². The van der Waals surface area contributed by atoms with Crippen LogP contribution in [-0.4, -0.2) is 26.1 Å². The monoisotopic (exact) mass is 493 g/mol. The van der Waals surface area contributed by atoms with Crippen LogP contribution < -0.4 is 14.8 Å². The van der Waals surface area contributed by atoms with E-state index >= 15 is 0 Å². The molecular weight excluding hydrogens is 474 g/mol. The third kappa shape index (κ3) is 5.39. The molecule has 158 valence electrons. The summed E-state index contributed by atoms with van der Waals surface area (Å²) in [5.41, 5.74) is 0.893. The molecule has 1 heterocycles. The number of nitrogens with one attached hydrogen (secondary N) is 2. The van der Waals surface area contributed by atoms with Crippen molar-refractivity contribution in [3.05, 3.63) is 64.3 Å². The van der Waals surface area contributed by atoms with Crippen LogP contribution in [0.5, 0.6) is 5.75 Å². The molecule has 10 heteroatoms. The molecule has 0 bridgehead atoms. The maximum absolute atomic E-state index is 12.5. The molecule has 0 aliphatic rings. The highest BCUT2D eigenvalue weighted by Gasteiger charge is 2.17. The van der Waals surface area contributed by atoms with Crippen LogP contribution in [0.2, 0.25) is 0 Å². The van der Waals surface area contributed by atoms with Gasteiger partial charge in [-0.25, -0.2) is 8.42 Å². The third-order valence-electron chi connectivity index (χ3n) is 3.95. The lowest BCUT2D eigenvalue weighted by molar-refractivity contribution is 0.102. The Bertz CT molecular complexity index is 1140. The zero-order valence-corrected chi connectivity index (χ0v) is 18.7. The Hall–Kier alpha value is -2.85. The van der Waals surface area contributed by atoms with E-state index < -0.39 is 10.0 Å². The first kappa shape index (κ1) is 21.8. The molecule has 8 nitrogen and oxygen atoms in total. The molecule has 2 N–H and O–H groups in total. The van der Waals surface area contributed by atoms with E-state index in [1.54, 1.807) is 25.1 Å². The highest BCUT2D eigenvalue weighted by atomic mass is 79.9. The first-order valence-electron chi connectivity index (χ1n) is 9.08. The average molecular weight is 494 g/mol. The molecule has 0 unspecified atom stereocenters. The third-order valence-corrected chi connectivity index (χ3v) is 5.94. The minimum Gasteiger partial charge on any atom is -0.492 e. The second-order valence-electron chi connectivity index (χ2n) is 6.40. The number of hydrogen-bond acceptors (Lipinski definition) is 6. The van der Waals surface area contributed by atoms with E-state index in [9.17, 15) is 13.2 Å². The van der Waals surface area contributed by atoms with Crippen LogP contribution in [0.3, 0.4) is 0 Å². The van der Waals surface area contributed by atoms with E-state index in [2.05, 4.69) is 31.1 Å². The largest absolute Gasteiger partial charge is 0.492 e. The van der Waals surface area contributed by atoms with Crippen molar-refractivity contribution in [1.82, 2.24) is 5.16 Å². The summed E-state index contributed by atoms with van der Waals surface area (Å²) in [5, 5.41) is 6.35. The molecule has 0 saturated heterocycles. The topological polar surface area (TPSA) is 111 Å². The minimum absolute atomic E-state index is 0.0290. The van der Waals surface area contributed by atoms with Crippen molar-refractivity contribution in [2.75, 3.05) is 16.6 Å². The Labute approximate surface area is 182 Å². The molecule has 0 aliphatic carbocycles. The van der Waals surface area contributed by atoms with E-state index in [0.29, 0.717) is 33.8 Å². The molecule has 0 fully saturated rings. The van der Waals surface area contributed by atoms with Gasteiger partial charge in [-0.2, -0.15) is 0 Å². The number of carbonyl (C=O) groups is 1. The lowest BCUT2D eigenvalue weighted by Crippen LogP contribution is -2.14. The molecule has 30 heavy (non-hydrogen) atoms.